The third-order valence-electron chi connectivity index (χ3n) is 4.17. The fourth-order valence-electron chi connectivity index (χ4n) is 2.90. The van der Waals surface area contributed by atoms with Crippen molar-refractivity contribution in [3.63, 3.8) is 0 Å². The van der Waals surface area contributed by atoms with Crippen LogP contribution < -0.4 is 15.4 Å². The second-order valence-corrected chi connectivity index (χ2v) is 6.91. The van der Waals surface area contributed by atoms with Crippen LogP contribution in [0.15, 0.2) is 30.3 Å². The quantitative estimate of drug-likeness (QED) is 0.739. The molecule has 1 fully saturated rings. The highest BCUT2D eigenvalue weighted by Crippen LogP contribution is 2.20. The average molecular weight is 371 g/mol. The Labute approximate surface area is 161 Å². The van der Waals surface area contributed by atoms with Gasteiger partial charge < -0.3 is 20.1 Å². The molecule has 1 aromatic carbocycles. The Morgan fingerprint density at radius 1 is 1.15 bits per heavy atom. The molecule has 1 aromatic heterocycles. The van der Waals surface area contributed by atoms with Gasteiger partial charge in [-0.05, 0) is 45.0 Å². The molecule has 0 bridgehead atoms. The number of aryl methyl sites for hydroxylation is 1. The first-order chi connectivity index (χ1) is 13.1. The maximum absolute atomic E-state index is 5.68. The lowest BCUT2D eigenvalue weighted by Crippen LogP contribution is -2.39. The lowest BCUT2D eigenvalue weighted by atomic mass is 10.3. The molecule has 2 aromatic rings. The summed E-state index contributed by atoms with van der Waals surface area (Å²) in [5.74, 6) is 2.28. The molecule has 7 nitrogen and oxygen atoms in total. The van der Waals surface area contributed by atoms with Crippen LogP contribution in [0.1, 0.15) is 19.5 Å². The van der Waals surface area contributed by atoms with Gasteiger partial charge in [0.05, 0.1) is 19.3 Å². The zero-order valence-electron chi connectivity index (χ0n) is 16.4. The van der Waals surface area contributed by atoms with Gasteiger partial charge in [-0.3, -0.25) is 4.90 Å². The Hall–Kier alpha value is -2.38. The van der Waals surface area contributed by atoms with E-state index in [9.17, 15) is 0 Å². The maximum Gasteiger partial charge on any atom is 0.224 e. The van der Waals surface area contributed by atoms with E-state index in [0.29, 0.717) is 5.95 Å². The molecule has 7 heteroatoms. The van der Waals surface area contributed by atoms with Crippen molar-refractivity contribution >= 4 is 17.5 Å². The normalized spacial score (nSPS) is 15.0. The summed E-state index contributed by atoms with van der Waals surface area (Å²) in [5.41, 5.74) is 1.88. The highest BCUT2D eigenvalue weighted by atomic mass is 16.5. The fourth-order valence-corrected chi connectivity index (χ4v) is 2.90. The summed E-state index contributed by atoms with van der Waals surface area (Å²) in [5, 5.41) is 6.66. The van der Waals surface area contributed by atoms with Crippen molar-refractivity contribution in [2.24, 2.45) is 0 Å². The van der Waals surface area contributed by atoms with Gasteiger partial charge in [0.2, 0.25) is 5.95 Å². The molecular formula is C20H29N5O2. The van der Waals surface area contributed by atoms with Crippen molar-refractivity contribution in [3.05, 3.63) is 36.0 Å². The molecule has 0 saturated carbocycles. The molecule has 0 amide bonds. The van der Waals surface area contributed by atoms with Gasteiger partial charge in [-0.2, -0.15) is 4.98 Å². The molecule has 1 aliphatic rings. The van der Waals surface area contributed by atoms with Crippen molar-refractivity contribution in [1.82, 2.24) is 14.9 Å². The SMILES string of the molecule is Cc1cc(Nc2ccc(OC(C)C)cc2)nc(NCCN2CCOCC2)n1. The topological polar surface area (TPSA) is 71.5 Å². The molecule has 2 heterocycles. The van der Waals surface area contributed by atoms with Gasteiger partial charge in [0, 0.05) is 43.6 Å². The molecule has 0 radical (unpaired) electrons. The summed E-state index contributed by atoms with van der Waals surface area (Å²) >= 11 is 0. The number of hydrogen-bond acceptors (Lipinski definition) is 7. The molecule has 146 valence electrons. The first kappa shape index (κ1) is 19.4. The zero-order valence-corrected chi connectivity index (χ0v) is 16.4. The number of anilines is 3. The van der Waals surface area contributed by atoms with Crippen LogP contribution in [0.25, 0.3) is 0 Å². The highest BCUT2D eigenvalue weighted by Gasteiger charge is 2.10. The van der Waals surface area contributed by atoms with E-state index in [1.54, 1.807) is 0 Å². The highest BCUT2D eigenvalue weighted by molar-refractivity contribution is 5.58. The molecule has 0 unspecified atom stereocenters. The summed E-state index contributed by atoms with van der Waals surface area (Å²) in [7, 11) is 0. The van der Waals surface area contributed by atoms with Gasteiger partial charge in [-0.15, -0.1) is 0 Å². The molecule has 27 heavy (non-hydrogen) atoms. The predicted octanol–water partition coefficient (Wildman–Crippen LogP) is 3.06. The van der Waals surface area contributed by atoms with Crippen LogP contribution in [-0.2, 0) is 4.74 Å². The number of ether oxygens (including phenoxy) is 2. The molecule has 1 aliphatic heterocycles. The fraction of sp³-hybridized carbons (Fsp3) is 0.500. The third kappa shape index (κ3) is 6.37. The predicted molar refractivity (Wildman–Crippen MR) is 108 cm³/mol. The number of nitrogens with one attached hydrogen (secondary N) is 2. The number of benzene rings is 1. The molecule has 0 atom stereocenters. The van der Waals surface area contributed by atoms with Crippen molar-refractivity contribution in [1.29, 1.82) is 0 Å². The van der Waals surface area contributed by atoms with Crippen molar-refractivity contribution in [3.8, 4) is 5.75 Å². The Morgan fingerprint density at radius 3 is 2.59 bits per heavy atom. The first-order valence-corrected chi connectivity index (χ1v) is 9.52. The Kier molecular flexibility index (Phi) is 6.84. The van der Waals surface area contributed by atoms with E-state index < -0.39 is 0 Å². The number of aromatic nitrogens is 2. The average Bonchev–Trinajstić information content (AvgIpc) is 2.63. The van der Waals surface area contributed by atoms with E-state index in [2.05, 4.69) is 25.5 Å². The Morgan fingerprint density at radius 2 is 1.89 bits per heavy atom. The third-order valence-corrected chi connectivity index (χ3v) is 4.17. The van der Waals surface area contributed by atoms with Crippen LogP contribution in [-0.4, -0.2) is 60.4 Å². The second kappa shape index (κ2) is 9.53. The van der Waals surface area contributed by atoms with Gasteiger partial charge in [-0.1, -0.05) is 0 Å². The van der Waals surface area contributed by atoms with Gasteiger partial charge >= 0.3 is 0 Å². The summed E-state index contributed by atoms with van der Waals surface area (Å²) in [6, 6.07) is 9.82. The zero-order chi connectivity index (χ0) is 19.1. The lowest BCUT2D eigenvalue weighted by Gasteiger charge is -2.26. The molecule has 2 N–H and O–H groups in total. The number of rotatable bonds is 8. The van der Waals surface area contributed by atoms with E-state index in [1.165, 1.54) is 0 Å². The summed E-state index contributed by atoms with van der Waals surface area (Å²) < 4.78 is 11.1. The van der Waals surface area contributed by atoms with Gasteiger partial charge in [0.25, 0.3) is 0 Å². The van der Waals surface area contributed by atoms with Gasteiger partial charge in [0.15, 0.2) is 0 Å². The standard InChI is InChI=1S/C20H29N5O2/c1-15(2)27-18-6-4-17(5-7-18)23-19-14-16(3)22-20(24-19)21-8-9-25-10-12-26-13-11-25/h4-7,14-15H,8-13H2,1-3H3,(H2,21,22,23,24). The maximum atomic E-state index is 5.68. The summed E-state index contributed by atoms with van der Waals surface area (Å²) in [6.07, 6.45) is 0.166. The van der Waals surface area contributed by atoms with Crippen LogP contribution in [0.4, 0.5) is 17.5 Å². The Bertz CT molecular complexity index is 715. The summed E-state index contributed by atoms with van der Waals surface area (Å²) in [4.78, 5) is 11.4. The smallest absolute Gasteiger partial charge is 0.224 e. The van der Waals surface area contributed by atoms with Crippen molar-refractivity contribution < 1.29 is 9.47 Å². The van der Waals surface area contributed by atoms with Crippen LogP contribution in [0.3, 0.4) is 0 Å². The van der Waals surface area contributed by atoms with Gasteiger partial charge in [0.1, 0.15) is 11.6 Å². The minimum atomic E-state index is 0.166. The monoisotopic (exact) mass is 371 g/mol. The molecule has 0 spiro atoms. The number of morpholine rings is 1. The molecule has 3 rings (SSSR count). The Balaban J connectivity index is 1.56. The van der Waals surface area contributed by atoms with Crippen LogP contribution in [0.5, 0.6) is 5.75 Å². The van der Waals surface area contributed by atoms with Crippen LogP contribution in [0, 0.1) is 6.92 Å². The van der Waals surface area contributed by atoms with Crippen molar-refractivity contribution in [2.45, 2.75) is 26.9 Å². The molecular weight excluding hydrogens is 342 g/mol. The van der Waals surface area contributed by atoms with Gasteiger partial charge in [-0.25, -0.2) is 4.98 Å². The molecule has 0 aliphatic carbocycles. The van der Waals surface area contributed by atoms with E-state index in [1.807, 2.05) is 51.1 Å². The van der Waals surface area contributed by atoms with E-state index in [0.717, 1.165) is 62.3 Å². The number of hydrogen-bond donors (Lipinski definition) is 2. The minimum Gasteiger partial charge on any atom is -0.491 e. The van der Waals surface area contributed by atoms with Crippen molar-refractivity contribution in [2.75, 3.05) is 50.0 Å². The lowest BCUT2D eigenvalue weighted by molar-refractivity contribution is 0.0398. The van der Waals surface area contributed by atoms with E-state index >= 15 is 0 Å². The van der Waals surface area contributed by atoms with Crippen LogP contribution >= 0.6 is 0 Å². The molecule has 1 saturated heterocycles. The van der Waals surface area contributed by atoms with Crippen LogP contribution in [0.2, 0.25) is 0 Å². The van der Waals surface area contributed by atoms with E-state index in [4.69, 9.17) is 9.47 Å². The number of nitrogens with zero attached hydrogens (tertiary/aromatic N) is 3. The minimum absolute atomic E-state index is 0.166. The van der Waals surface area contributed by atoms with E-state index in [-0.39, 0.29) is 6.10 Å². The second-order valence-electron chi connectivity index (χ2n) is 6.91. The largest absolute Gasteiger partial charge is 0.491 e. The summed E-state index contributed by atoms with van der Waals surface area (Å²) in [6.45, 7) is 11.4. The first-order valence-electron chi connectivity index (χ1n) is 9.52.